The van der Waals surface area contributed by atoms with E-state index in [0.29, 0.717) is 0 Å². The molecule has 0 aliphatic heterocycles. The molecule has 0 atom stereocenters. The third-order valence-electron chi connectivity index (χ3n) is 13.5. The summed E-state index contributed by atoms with van der Waals surface area (Å²) in [7, 11) is 1.99. The van der Waals surface area contributed by atoms with Crippen molar-refractivity contribution in [2.75, 3.05) is 0 Å². The van der Waals surface area contributed by atoms with Crippen LogP contribution >= 0.6 is 0 Å². The average Bonchev–Trinajstić information content (AvgIpc) is 4.09. The van der Waals surface area contributed by atoms with Gasteiger partial charge in [-0.05, 0) is 117 Å². The number of rotatable bonds is 6. The van der Waals surface area contributed by atoms with Crippen LogP contribution in [-0.2, 0) is 44.5 Å². The summed E-state index contributed by atoms with van der Waals surface area (Å²) in [5.41, 5.74) is 14.4. The van der Waals surface area contributed by atoms with Gasteiger partial charge in [0.05, 0.1) is 18.2 Å². The Morgan fingerprint density at radius 3 is 1.28 bits per heavy atom. The summed E-state index contributed by atoms with van der Waals surface area (Å²) in [5.74, 6) is 0. The van der Waals surface area contributed by atoms with Gasteiger partial charge in [0.25, 0.3) is 0 Å². The molecule has 2 aromatic carbocycles. The smallest absolute Gasteiger partial charge is 0.204 e. The van der Waals surface area contributed by atoms with Crippen molar-refractivity contribution in [3.8, 4) is 33.4 Å². The predicted octanol–water partition coefficient (Wildman–Crippen LogP) is 8.02. The van der Waals surface area contributed by atoms with Crippen LogP contribution in [0.2, 0.25) is 0 Å². The first-order valence-corrected chi connectivity index (χ1v) is 20.8. The molecule has 0 unspecified atom stereocenters. The maximum atomic E-state index is 5.09. The zero-order chi connectivity index (χ0) is 41.8. The van der Waals surface area contributed by atoms with E-state index in [0.717, 1.165) is 94.7 Å². The molecule has 0 N–H and O–H groups in total. The van der Waals surface area contributed by atoms with Gasteiger partial charge in [-0.2, -0.15) is 48.5 Å². The van der Waals surface area contributed by atoms with Crippen LogP contribution in [0.25, 0.3) is 33.4 Å². The van der Waals surface area contributed by atoms with E-state index in [4.69, 9.17) is 34.9 Å². The van der Waals surface area contributed by atoms with Crippen LogP contribution in [0.3, 0.4) is 0 Å². The number of aryl methyl sites for hydroxylation is 1. The molecule has 0 saturated carbocycles. The summed E-state index contributed by atoms with van der Waals surface area (Å²) in [6.45, 7) is 0. The van der Waals surface area contributed by atoms with Crippen molar-refractivity contribution in [2.24, 2.45) is 7.05 Å². The van der Waals surface area contributed by atoms with Crippen molar-refractivity contribution in [1.82, 2.24) is 39.5 Å². The minimum atomic E-state index is -0.973. The van der Waals surface area contributed by atoms with Crippen LogP contribution in [0.15, 0.2) is 184 Å². The molecule has 0 saturated heterocycles. The predicted molar refractivity (Wildman–Crippen MR) is 235 cm³/mol. The minimum absolute atomic E-state index is 0. The number of benzene rings is 2. The van der Waals surface area contributed by atoms with Crippen molar-refractivity contribution in [3.05, 3.63) is 264 Å². The van der Waals surface area contributed by atoms with E-state index < -0.39 is 16.4 Å². The molecule has 13 rings (SSSR count). The van der Waals surface area contributed by atoms with Crippen molar-refractivity contribution in [1.29, 1.82) is 0 Å². The largest absolute Gasteiger partial charge is 0.354 e. The number of pyridine rings is 7. The van der Waals surface area contributed by atoms with Crippen LogP contribution < -0.4 is 4.57 Å². The van der Waals surface area contributed by atoms with Crippen LogP contribution in [0.5, 0.6) is 0 Å². The molecule has 9 nitrogen and oxygen atoms in total. The van der Waals surface area contributed by atoms with Gasteiger partial charge in [-0.15, -0.1) is 22.3 Å². The summed E-state index contributed by atoms with van der Waals surface area (Å²) < 4.78 is 4.09. The van der Waals surface area contributed by atoms with Gasteiger partial charge in [0.1, 0.15) is 5.54 Å². The number of aromatic nitrogens is 9. The Morgan fingerprint density at radius 1 is 0.438 bits per heavy atom. The second-order valence-corrected chi connectivity index (χ2v) is 16.3. The Balaban J connectivity index is 0.00000433. The van der Waals surface area contributed by atoms with E-state index in [9.17, 15) is 0 Å². The number of hydrogen-bond acceptors (Lipinski definition) is 7. The first kappa shape index (κ1) is 38.1. The maximum absolute atomic E-state index is 5.09. The quantitative estimate of drug-likeness (QED) is 0.123. The first-order valence-electron chi connectivity index (χ1n) is 20.8. The van der Waals surface area contributed by atoms with Gasteiger partial charge < -0.3 is 9.13 Å². The van der Waals surface area contributed by atoms with Crippen LogP contribution in [-0.4, -0.2) is 39.5 Å². The Morgan fingerprint density at radius 2 is 0.844 bits per heavy atom. The zero-order valence-corrected chi connectivity index (χ0v) is 36.4. The fourth-order valence-corrected chi connectivity index (χ4v) is 11.1. The molecule has 0 spiro atoms. The summed E-state index contributed by atoms with van der Waals surface area (Å²) in [6.07, 6.45) is 32.6. The number of imidazole rings is 1. The third-order valence-corrected chi connectivity index (χ3v) is 13.5. The summed E-state index contributed by atoms with van der Waals surface area (Å²) >= 11 is 0. The minimum Gasteiger partial charge on any atom is -0.354 e. The van der Waals surface area contributed by atoms with E-state index >= 15 is 0 Å². The van der Waals surface area contributed by atoms with Gasteiger partial charge in [-0.3, -0.25) is 34.9 Å². The Bertz CT molecular complexity index is 3340. The molecule has 3 aliphatic rings. The number of hydrogen-bond donors (Lipinski definition) is 0. The van der Waals surface area contributed by atoms with E-state index in [-0.39, 0.29) is 21.1 Å². The molecule has 64 heavy (non-hydrogen) atoms. The van der Waals surface area contributed by atoms with Crippen molar-refractivity contribution >= 4 is 0 Å². The molecular weight excluding hydrogens is 970 g/mol. The van der Waals surface area contributed by atoms with Gasteiger partial charge in [0, 0.05) is 118 Å². The van der Waals surface area contributed by atoms with E-state index in [1.807, 2.05) is 111 Å². The van der Waals surface area contributed by atoms with E-state index in [1.165, 1.54) is 0 Å². The standard InChI is InChI=1S/C54H33N9.Pt/c1-62-24-25-63(34-62)54(49-32-59-22-15-43(49)44-16-23-60-33-50(44)54)38-9-5-7-36(27-38)52(45-28-55-18-11-39(45)40-12-19-56-29-46(40)52)35-6-4-8-37(26-35)53(51-10-2-3-17-61-51)47-30-57-20-13-41(47)42-14-21-58-31-48(42)53;/h2-25,28-33H,1H3;/q-2;. The van der Waals surface area contributed by atoms with E-state index in [2.05, 4.69) is 108 Å². The van der Waals surface area contributed by atoms with Crippen molar-refractivity contribution in [2.45, 2.75) is 16.4 Å². The number of fused-ring (bicyclic) bond motifs is 9. The molecule has 10 aromatic rings. The molecule has 306 valence electrons. The third kappa shape index (κ3) is 4.82. The van der Waals surface area contributed by atoms with Crippen molar-refractivity contribution < 1.29 is 25.6 Å². The summed E-state index contributed by atoms with van der Waals surface area (Å²) in [6, 6.07) is 39.9. The molecule has 8 aromatic heterocycles. The molecule has 0 fully saturated rings. The normalized spacial score (nSPS) is 14.9. The molecular formula is C54H33N9Pt-2. The van der Waals surface area contributed by atoms with Crippen LogP contribution in [0.1, 0.15) is 61.3 Å². The fraction of sp³-hybridized carbons (Fsp3) is 0.0741. The summed E-state index contributed by atoms with van der Waals surface area (Å²) in [5, 5.41) is 0. The van der Waals surface area contributed by atoms with Crippen LogP contribution in [0, 0.1) is 18.5 Å². The SMILES string of the molecule is C[n+]1[c-]n(C2(c3[c-]c(C4(c5[c-]c(C6(c7ccccn7)c7cnccc7-c7ccncc76)ccc5)c5cnccc5-c5ccncc54)ccc3)c3cnccc3-c3ccncc32)cc1.[Pt]. The Kier molecular flexibility index (Phi) is 8.46. The van der Waals surface area contributed by atoms with Crippen molar-refractivity contribution in [3.63, 3.8) is 0 Å². The Labute approximate surface area is 383 Å². The molecule has 10 heteroatoms. The number of nitrogens with zero attached hydrogens (tertiary/aromatic N) is 9. The summed E-state index contributed by atoms with van der Waals surface area (Å²) in [4.78, 5) is 33.6. The van der Waals surface area contributed by atoms with Gasteiger partial charge in [-0.1, -0.05) is 6.07 Å². The maximum Gasteiger partial charge on any atom is 0.204 e. The second-order valence-electron chi connectivity index (χ2n) is 16.3. The molecule has 0 radical (unpaired) electrons. The Hall–Kier alpha value is -7.61. The fourth-order valence-electron chi connectivity index (χ4n) is 11.1. The molecule has 0 bridgehead atoms. The average molecular weight is 1000 g/mol. The topological polar surface area (TPSA) is 99.0 Å². The first-order chi connectivity index (χ1) is 31.2. The monoisotopic (exact) mass is 1000 g/mol. The van der Waals surface area contributed by atoms with Gasteiger partial charge >= 0.3 is 0 Å². The van der Waals surface area contributed by atoms with Gasteiger partial charge in [0.15, 0.2) is 0 Å². The van der Waals surface area contributed by atoms with Gasteiger partial charge in [0.2, 0.25) is 6.33 Å². The molecule has 3 aliphatic carbocycles. The second kappa shape index (κ2) is 14.2. The molecule has 0 amide bonds. The zero-order valence-electron chi connectivity index (χ0n) is 34.2. The van der Waals surface area contributed by atoms with Crippen LogP contribution in [0.4, 0.5) is 0 Å². The molecule has 8 heterocycles. The van der Waals surface area contributed by atoms with E-state index in [1.54, 1.807) is 0 Å². The van der Waals surface area contributed by atoms with Gasteiger partial charge in [-0.25, -0.2) is 0 Å².